The number of hydrogen-bond donors (Lipinski definition) is 3. The van der Waals surface area contributed by atoms with Gasteiger partial charge < -0.3 is 21.3 Å². The van der Waals surface area contributed by atoms with E-state index in [0.717, 1.165) is 50.0 Å². The molecule has 0 radical (unpaired) electrons. The van der Waals surface area contributed by atoms with Crippen LogP contribution in [0.5, 0.6) is 0 Å². The van der Waals surface area contributed by atoms with Crippen molar-refractivity contribution in [2.45, 2.75) is 65.2 Å². The topological polar surface area (TPSA) is 83.3 Å². The van der Waals surface area contributed by atoms with Crippen LogP contribution in [0.4, 0.5) is 17.1 Å². The summed E-state index contributed by atoms with van der Waals surface area (Å²) >= 11 is 0. The molecule has 36 heavy (non-hydrogen) atoms. The maximum atomic E-state index is 12.5. The van der Waals surface area contributed by atoms with E-state index in [1.165, 1.54) is 48.0 Å². The molecule has 0 bridgehead atoms. The number of carbonyl (C=O) groups is 1. The van der Waals surface area contributed by atoms with Gasteiger partial charge in [-0.05, 0) is 82.2 Å². The Bertz CT molecular complexity index is 1170. The van der Waals surface area contributed by atoms with Gasteiger partial charge in [-0.15, -0.1) is 0 Å². The number of benzene rings is 2. The van der Waals surface area contributed by atoms with Gasteiger partial charge in [0.2, 0.25) is 0 Å². The summed E-state index contributed by atoms with van der Waals surface area (Å²) in [6.45, 7) is 7.25. The summed E-state index contributed by atoms with van der Waals surface area (Å²) in [4.78, 5) is 19.3. The van der Waals surface area contributed by atoms with Crippen LogP contribution < -0.4 is 16.4 Å². The Morgan fingerprint density at radius 2 is 1.67 bits per heavy atom. The van der Waals surface area contributed by atoms with E-state index < -0.39 is 0 Å². The molecule has 4 rings (SSSR count). The van der Waals surface area contributed by atoms with E-state index >= 15 is 0 Å². The molecule has 1 aliphatic rings. The van der Waals surface area contributed by atoms with Gasteiger partial charge in [-0.1, -0.05) is 31.0 Å². The Hall–Kier alpha value is -3.28. The van der Waals surface area contributed by atoms with E-state index in [-0.39, 0.29) is 5.91 Å². The summed E-state index contributed by atoms with van der Waals surface area (Å²) in [5.41, 5.74) is 13.6. The zero-order chi connectivity index (χ0) is 25.3. The Kier molecular flexibility index (Phi) is 9.04. The summed E-state index contributed by atoms with van der Waals surface area (Å²) < 4.78 is 0. The van der Waals surface area contributed by atoms with E-state index in [2.05, 4.69) is 34.9 Å². The lowest BCUT2D eigenvalue weighted by Crippen LogP contribution is -2.30. The first-order valence-corrected chi connectivity index (χ1v) is 13.7. The van der Waals surface area contributed by atoms with Crippen molar-refractivity contribution in [2.24, 2.45) is 0 Å². The van der Waals surface area contributed by atoms with Gasteiger partial charge in [-0.3, -0.25) is 9.78 Å². The zero-order valence-electron chi connectivity index (χ0n) is 21.9. The van der Waals surface area contributed by atoms with Crippen LogP contribution >= 0.6 is 0 Å². The number of nitrogen functional groups attached to an aromatic ring is 1. The average Bonchev–Trinajstić information content (AvgIpc) is 2.90. The maximum Gasteiger partial charge on any atom is 0.253 e. The lowest BCUT2D eigenvalue weighted by atomic mass is 9.92. The average molecular weight is 488 g/mol. The molecule has 0 spiro atoms. The summed E-state index contributed by atoms with van der Waals surface area (Å²) in [6.07, 6.45) is 9.33. The number of fused-ring (bicyclic) bond motifs is 2. The first-order chi connectivity index (χ1) is 17.6. The fourth-order valence-corrected chi connectivity index (χ4v) is 5.16. The summed E-state index contributed by atoms with van der Waals surface area (Å²) in [5.74, 6) is 0.0344. The van der Waals surface area contributed by atoms with E-state index in [9.17, 15) is 4.79 Å². The molecule has 192 valence electrons. The number of rotatable bonds is 12. The van der Waals surface area contributed by atoms with Gasteiger partial charge in [-0.2, -0.15) is 0 Å². The fourth-order valence-electron chi connectivity index (χ4n) is 5.16. The Morgan fingerprint density at radius 1 is 0.944 bits per heavy atom. The van der Waals surface area contributed by atoms with Crippen molar-refractivity contribution in [1.82, 2.24) is 9.88 Å². The maximum absolute atomic E-state index is 12.5. The summed E-state index contributed by atoms with van der Waals surface area (Å²) in [6, 6.07) is 14.1. The highest BCUT2D eigenvalue weighted by atomic mass is 16.2. The molecular weight excluding hydrogens is 446 g/mol. The normalized spacial score (nSPS) is 12.8. The van der Waals surface area contributed by atoms with Gasteiger partial charge in [0.1, 0.15) is 0 Å². The number of aryl methyl sites for hydroxylation is 1. The monoisotopic (exact) mass is 487 g/mol. The molecule has 1 amide bonds. The molecule has 1 heterocycles. The molecule has 0 atom stereocenters. The summed E-state index contributed by atoms with van der Waals surface area (Å²) in [7, 11) is 0. The molecular formula is C30H41N5O. The van der Waals surface area contributed by atoms with Gasteiger partial charge in [0.25, 0.3) is 5.91 Å². The molecule has 1 aromatic heterocycles. The number of para-hydroxylation sites is 1. The van der Waals surface area contributed by atoms with Gasteiger partial charge in [0.05, 0.1) is 16.9 Å². The highest BCUT2D eigenvalue weighted by molar-refractivity contribution is 5.96. The van der Waals surface area contributed by atoms with Crippen LogP contribution in [0.15, 0.2) is 42.5 Å². The highest BCUT2D eigenvalue weighted by Gasteiger charge is 2.18. The number of nitrogens with zero attached hydrogens (tertiary/aromatic N) is 2. The first-order valence-electron chi connectivity index (χ1n) is 13.7. The minimum absolute atomic E-state index is 0.0344. The Morgan fingerprint density at radius 3 is 2.42 bits per heavy atom. The predicted octanol–water partition coefficient (Wildman–Crippen LogP) is 6.26. The number of amides is 1. The van der Waals surface area contributed by atoms with Crippen LogP contribution in [-0.4, -0.2) is 42.0 Å². The molecule has 0 saturated carbocycles. The number of carbonyl (C=O) groups excluding carboxylic acids is 1. The third kappa shape index (κ3) is 6.10. The predicted molar refractivity (Wildman–Crippen MR) is 152 cm³/mol. The number of hydrogen-bond acceptors (Lipinski definition) is 5. The number of pyridine rings is 1. The van der Waals surface area contributed by atoms with E-state index in [0.29, 0.717) is 24.3 Å². The Balaban J connectivity index is 1.20. The third-order valence-corrected chi connectivity index (χ3v) is 7.24. The second-order valence-corrected chi connectivity index (χ2v) is 9.68. The van der Waals surface area contributed by atoms with E-state index in [1.807, 2.05) is 30.9 Å². The van der Waals surface area contributed by atoms with Crippen LogP contribution in [0.1, 0.15) is 74.0 Å². The molecule has 6 nitrogen and oxygen atoms in total. The van der Waals surface area contributed by atoms with Crippen molar-refractivity contribution in [2.75, 3.05) is 42.5 Å². The van der Waals surface area contributed by atoms with Gasteiger partial charge in [-0.25, -0.2) is 0 Å². The SMILES string of the molecule is CCN(CC)C(=O)c1ccc(NCCCCCCNc2c3c(nc4ccccc24)CCCC3)c(N)c1. The van der Waals surface area contributed by atoms with E-state index in [1.54, 1.807) is 6.07 Å². The largest absolute Gasteiger partial charge is 0.397 e. The van der Waals surface area contributed by atoms with Crippen molar-refractivity contribution in [1.29, 1.82) is 0 Å². The lowest BCUT2D eigenvalue weighted by Gasteiger charge is -2.21. The first kappa shape index (κ1) is 25.8. The standard InChI is InChI=1S/C30H41N5O/c1-3-35(4-2)30(36)22-17-18-28(25(31)21-22)32-19-11-5-6-12-20-33-29-23-13-7-9-15-26(23)34-27-16-10-8-14-24(27)29/h7,9,13,15,17-18,21,32H,3-6,8,10-12,14,16,19-20,31H2,1-2H3,(H,33,34). The van der Waals surface area contributed by atoms with Crippen molar-refractivity contribution in [3.63, 3.8) is 0 Å². The number of nitrogens with two attached hydrogens (primary N) is 1. The molecule has 2 aromatic carbocycles. The second-order valence-electron chi connectivity index (χ2n) is 9.68. The van der Waals surface area contributed by atoms with Crippen molar-refractivity contribution >= 4 is 33.9 Å². The molecule has 0 fully saturated rings. The number of aromatic nitrogens is 1. The molecule has 4 N–H and O–H groups in total. The smallest absolute Gasteiger partial charge is 0.253 e. The molecule has 0 saturated heterocycles. The second kappa shape index (κ2) is 12.6. The van der Waals surface area contributed by atoms with Gasteiger partial charge in [0, 0.05) is 48.5 Å². The lowest BCUT2D eigenvalue weighted by molar-refractivity contribution is 0.0773. The minimum Gasteiger partial charge on any atom is -0.397 e. The van der Waals surface area contributed by atoms with Gasteiger partial charge in [0.15, 0.2) is 0 Å². The zero-order valence-corrected chi connectivity index (χ0v) is 21.9. The van der Waals surface area contributed by atoms with Crippen molar-refractivity contribution in [3.05, 3.63) is 59.3 Å². The van der Waals surface area contributed by atoms with Crippen LogP contribution in [0, 0.1) is 0 Å². The third-order valence-electron chi connectivity index (χ3n) is 7.24. The molecule has 0 aliphatic heterocycles. The molecule has 3 aromatic rings. The molecule has 1 aliphatic carbocycles. The number of anilines is 3. The number of unbranched alkanes of at least 4 members (excludes halogenated alkanes) is 3. The van der Waals surface area contributed by atoms with Crippen LogP contribution in [0.3, 0.4) is 0 Å². The summed E-state index contributed by atoms with van der Waals surface area (Å²) in [5, 5.41) is 8.46. The van der Waals surface area contributed by atoms with Crippen molar-refractivity contribution < 1.29 is 4.79 Å². The highest BCUT2D eigenvalue weighted by Crippen LogP contribution is 2.33. The molecule has 0 unspecified atom stereocenters. The quantitative estimate of drug-likeness (QED) is 0.207. The van der Waals surface area contributed by atoms with Crippen LogP contribution in [-0.2, 0) is 12.8 Å². The van der Waals surface area contributed by atoms with Gasteiger partial charge >= 0.3 is 0 Å². The minimum atomic E-state index is 0.0344. The van der Waals surface area contributed by atoms with E-state index in [4.69, 9.17) is 10.7 Å². The van der Waals surface area contributed by atoms with Crippen molar-refractivity contribution in [3.8, 4) is 0 Å². The van der Waals surface area contributed by atoms with Crippen LogP contribution in [0.25, 0.3) is 10.9 Å². The molecule has 6 heteroatoms. The Labute approximate surface area is 215 Å². The fraction of sp³-hybridized carbons (Fsp3) is 0.467. The number of nitrogens with one attached hydrogen (secondary N) is 2. The van der Waals surface area contributed by atoms with Crippen LogP contribution in [0.2, 0.25) is 0 Å².